The topological polar surface area (TPSA) is 59.1 Å². The Morgan fingerprint density at radius 3 is 2.29 bits per heavy atom. The van der Waals surface area contributed by atoms with Crippen LogP contribution in [-0.2, 0) is 0 Å². The van der Waals surface area contributed by atoms with Gasteiger partial charge < -0.3 is 5.32 Å². The van der Waals surface area contributed by atoms with Crippen LogP contribution in [0.3, 0.4) is 0 Å². The van der Waals surface area contributed by atoms with Crippen molar-refractivity contribution in [3.05, 3.63) is 70.9 Å². The summed E-state index contributed by atoms with van der Waals surface area (Å²) in [5.41, 5.74) is 2.64. The summed E-state index contributed by atoms with van der Waals surface area (Å²) in [4.78, 5) is 29.1. The lowest BCUT2D eigenvalue weighted by atomic mass is 10.1. The lowest BCUT2D eigenvalue weighted by Crippen LogP contribution is -2.13. The molecule has 3 rings (SSSR count). The third-order valence-electron chi connectivity index (χ3n) is 3.53. The van der Waals surface area contributed by atoms with Crippen LogP contribution < -0.4 is 5.32 Å². The molecule has 0 fully saturated rings. The van der Waals surface area contributed by atoms with E-state index in [0.29, 0.717) is 16.9 Å². The van der Waals surface area contributed by atoms with Gasteiger partial charge >= 0.3 is 0 Å². The number of hydrogen-bond acceptors (Lipinski definition) is 4. The molecule has 0 saturated carbocycles. The summed E-state index contributed by atoms with van der Waals surface area (Å²) in [5.74, 6) is -0.261. The summed E-state index contributed by atoms with van der Waals surface area (Å²) in [6, 6.07) is 16.6. The molecule has 3 aromatic rings. The third-order valence-corrected chi connectivity index (χ3v) is 4.55. The monoisotopic (exact) mass is 336 g/mol. The van der Waals surface area contributed by atoms with Gasteiger partial charge in [-0.3, -0.25) is 9.59 Å². The van der Waals surface area contributed by atoms with E-state index in [1.165, 1.54) is 18.3 Å². The second-order valence-electron chi connectivity index (χ2n) is 5.36. The van der Waals surface area contributed by atoms with Crippen molar-refractivity contribution in [3.63, 3.8) is 0 Å². The number of carbonyl (C=O) groups excluding carboxylic acids is 2. The minimum Gasteiger partial charge on any atom is -0.321 e. The number of hydrogen-bond donors (Lipinski definition) is 1. The number of anilines is 1. The Kier molecular flexibility index (Phi) is 4.53. The van der Waals surface area contributed by atoms with Crippen LogP contribution in [0.2, 0.25) is 0 Å². The number of benzene rings is 2. The number of aromatic nitrogens is 1. The Morgan fingerprint density at radius 1 is 1.00 bits per heavy atom. The highest BCUT2D eigenvalue weighted by molar-refractivity contribution is 7.15. The second kappa shape index (κ2) is 6.76. The van der Waals surface area contributed by atoms with Gasteiger partial charge in [0.15, 0.2) is 5.78 Å². The summed E-state index contributed by atoms with van der Waals surface area (Å²) < 4.78 is 0. The molecule has 4 nitrogen and oxygen atoms in total. The molecule has 2 aromatic carbocycles. The van der Waals surface area contributed by atoms with E-state index in [1.807, 2.05) is 37.3 Å². The molecule has 0 spiro atoms. The molecule has 0 radical (unpaired) electrons. The molecule has 0 aliphatic heterocycles. The van der Waals surface area contributed by atoms with Crippen molar-refractivity contribution in [1.82, 2.24) is 4.98 Å². The molecule has 24 heavy (non-hydrogen) atoms. The predicted molar refractivity (Wildman–Crippen MR) is 96.7 cm³/mol. The fraction of sp³-hybridized carbons (Fsp3) is 0.105. The number of carbonyl (C=O) groups is 2. The van der Waals surface area contributed by atoms with E-state index >= 15 is 0 Å². The van der Waals surface area contributed by atoms with Crippen LogP contribution in [0.15, 0.2) is 54.6 Å². The highest BCUT2D eigenvalue weighted by Gasteiger charge is 2.18. The maximum absolute atomic E-state index is 12.6. The zero-order valence-electron chi connectivity index (χ0n) is 13.4. The molecular weight excluding hydrogens is 320 g/mol. The van der Waals surface area contributed by atoms with Crippen LogP contribution in [0.5, 0.6) is 0 Å². The lowest BCUT2D eigenvalue weighted by molar-refractivity contribution is 0.101. The van der Waals surface area contributed by atoms with Gasteiger partial charge in [0.05, 0.1) is 9.88 Å². The molecule has 1 aromatic heterocycles. The van der Waals surface area contributed by atoms with E-state index in [1.54, 1.807) is 24.3 Å². The number of rotatable bonds is 4. The van der Waals surface area contributed by atoms with Crippen molar-refractivity contribution in [3.8, 4) is 10.4 Å². The molecular formula is C19H16N2O2S. The van der Waals surface area contributed by atoms with Crippen molar-refractivity contribution < 1.29 is 9.59 Å². The van der Waals surface area contributed by atoms with Gasteiger partial charge in [-0.15, -0.1) is 11.3 Å². The summed E-state index contributed by atoms with van der Waals surface area (Å²) in [5, 5.41) is 3.68. The number of Topliss-reactive ketones (excluding diaryl/α,β-unsaturated/α-hetero) is 1. The van der Waals surface area contributed by atoms with Gasteiger partial charge in [-0.25, -0.2) is 4.98 Å². The molecule has 0 atom stereocenters. The van der Waals surface area contributed by atoms with E-state index in [-0.39, 0.29) is 11.7 Å². The van der Waals surface area contributed by atoms with Crippen LogP contribution in [0.1, 0.15) is 32.8 Å². The molecule has 0 aliphatic carbocycles. The Labute approximate surface area is 144 Å². The second-order valence-corrected chi connectivity index (χ2v) is 6.57. The number of amides is 1. The normalized spacial score (nSPS) is 10.4. The third kappa shape index (κ3) is 3.41. The number of aryl methyl sites for hydroxylation is 1. The first-order chi connectivity index (χ1) is 11.5. The SMILES string of the molecule is CC(=O)c1ccc(NC(=O)c2nc(C)sc2-c2ccccc2)cc1. The Bertz CT molecular complexity index is 883. The number of nitrogens with zero attached hydrogens (tertiary/aromatic N) is 1. The van der Waals surface area contributed by atoms with Crippen molar-refractivity contribution >= 4 is 28.7 Å². The molecule has 1 N–H and O–H groups in total. The maximum Gasteiger partial charge on any atom is 0.275 e. The number of thiazole rings is 1. The van der Waals surface area contributed by atoms with Crippen LogP contribution in [0, 0.1) is 6.92 Å². The summed E-state index contributed by atoms with van der Waals surface area (Å²) in [6.45, 7) is 3.40. The van der Waals surface area contributed by atoms with Crippen LogP contribution in [0.25, 0.3) is 10.4 Å². The first-order valence-corrected chi connectivity index (χ1v) is 8.31. The van der Waals surface area contributed by atoms with Gasteiger partial charge in [-0.05, 0) is 43.7 Å². The minimum absolute atomic E-state index is 0.00522. The summed E-state index contributed by atoms with van der Waals surface area (Å²) in [7, 11) is 0. The minimum atomic E-state index is -0.256. The van der Waals surface area contributed by atoms with Crippen molar-refractivity contribution in [2.45, 2.75) is 13.8 Å². The van der Waals surface area contributed by atoms with Crippen molar-refractivity contribution in [1.29, 1.82) is 0 Å². The van der Waals surface area contributed by atoms with E-state index < -0.39 is 0 Å². The molecule has 5 heteroatoms. The number of nitrogens with one attached hydrogen (secondary N) is 1. The lowest BCUT2D eigenvalue weighted by Gasteiger charge is -2.06. The quantitative estimate of drug-likeness (QED) is 0.710. The van der Waals surface area contributed by atoms with Gasteiger partial charge in [-0.1, -0.05) is 30.3 Å². The zero-order valence-corrected chi connectivity index (χ0v) is 14.2. The molecule has 0 aliphatic rings. The smallest absolute Gasteiger partial charge is 0.275 e. The standard InChI is InChI=1S/C19H16N2O2S/c1-12(22)14-8-10-16(11-9-14)21-19(23)17-18(24-13(2)20-17)15-6-4-3-5-7-15/h3-11H,1-2H3,(H,21,23). The Hall–Kier alpha value is -2.79. The molecule has 0 unspecified atom stereocenters. The van der Waals surface area contributed by atoms with Gasteiger partial charge in [0, 0.05) is 11.3 Å². The van der Waals surface area contributed by atoms with Crippen molar-refractivity contribution in [2.24, 2.45) is 0 Å². The van der Waals surface area contributed by atoms with Crippen molar-refractivity contribution in [2.75, 3.05) is 5.32 Å². The van der Waals surface area contributed by atoms with Gasteiger partial charge in [-0.2, -0.15) is 0 Å². The van der Waals surface area contributed by atoms with Gasteiger partial charge in [0.1, 0.15) is 5.69 Å². The van der Waals surface area contributed by atoms with Crippen LogP contribution in [-0.4, -0.2) is 16.7 Å². The summed E-state index contributed by atoms with van der Waals surface area (Å²) in [6.07, 6.45) is 0. The van der Waals surface area contributed by atoms with E-state index in [2.05, 4.69) is 10.3 Å². The molecule has 1 amide bonds. The average molecular weight is 336 g/mol. The summed E-state index contributed by atoms with van der Waals surface area (Å²) >= 11 is 1.50. The van der Waals surface area contributed by atoms with E-state index in [0.717, 1.165) is 15.4 Å². The zero-order chi connectivity index (χ0) is 17.1. The fourth-order valence-corrected chi connectivity index (χ4v) is 3.27. The highest BCUT2D eigenvalue weighted by Crippen LogP contribution is 2.30. The Morgan fingerprint density at radius 2 is 1.67 bits per heavy atom. The highest BCUT2D eigenvalue weighted by atomic mass is 32.1. The first kappa shape index (κ1) is 16.1. The van der Waals surface area contributed by atoms with Gasteiger partial charge in [0.25, 0.3) is 5.91 Å². The largest absolute Gasteiger partial charge is 0.321 e. The van der Waals surface area contributed by atoms with E-state index in [4.69, 9.17) is 0 Å². The predicted octanol–water partition coefficient (Wildman–Crippen LogP) is 4.57. The maximum atomic E-state index is 12.6. The molecule has 120 valence electrons. The first-order valence-electron chi connectivity index (χ1n) is 7.50. The van der Waals surface area contributed by atoms with E-state index in [9.17, 15) is 9.59 Å². The van der Waals surface area contributed by atoms with Gasteiger partial charge in [0.2, 0.25) is 0 Å². The average Bonchev–Trinajstić information content (AvgIpc) is 2.98. The molecule has 1 heterocycles. The number of ketones is 1. The van der Waals surface area contributed by atoms with Crippen LogP contribution in [0.4, 0.5) is 5.69 Å². The molecule has 0 bridgehead atoms. The van der Waals surface area contributed by atoms with Crippen LogP contribution >= 0.6 is 11.3 Å². The molecule has 0 saturated heterocycles. The Balaban J connectivity index is 1.87. The fourth-order valence-electron chi connectivity index (χ4n) is 2.34.